The molecular weight excluding hydrogens is 350 g/mol. The van der Waals surface area contributed by atoms with Crippen molar-refractivity contribution >= 4 is 23.3 Å². The number of para-hydroxylation sites is 2. The van der Waals surface area contributed by atoms with Crippen LogP contribution < -0.4 is 4.74 Å². The zero-order valence-electron chi connectivity index (χ0n) is 15.6. The second-order valence-electron chi connectivity index (χ2n) is 6.31. The first-order valence-corrected chi connectivity index (χ1v) is 9.89. The lowest BCUT2D eigenvalue weighted by molar-refractivity contribution is 0.556. The van der Waals surface area contributed by atoms with Crippen molar-refractivity contribution in [1.29, 1.82) is 0 Å². The summed E-state index contributed by atoms with van der Waals surface area (Å²) >= 11 is 1.68. The van der Waals surface area contributed by atoms with Crippen LogP contribution in [0.1, 0.15) is 25.3 Å². The summed E-state index contributed by atoms with van der Waals surface area (Å²) < 4.78 is 5.98. The second kappa shape index (κ2) is 9.79. The lowest BCUT2D eigenvalue weighted by Crippen LogP contribution is -2.04. The Hall–Kier alpha value is -2.78. The van der Waals surface area contributed by atoms with E-state index in [4.69, 9.17) is 4.74 Å². The van der Waals surface area contributed by atoms with Crippen molar-refractivity contribution in [3.8, 4) is 5.75 Å². The molecule has 0 aliphatic carbocycles. The number of rotatable bonds is 6. The molecule has 0 aliphatic heterocycles. The van der Waals surface area contributed by atoms with Crippen molar-refractivity contribution in [2.24, 2.45) is 4.99 Å². The fourth-order valence-corrected chi connectivity index (χ4v) is 3.49. The summed E-state index contributed by atoms with van der Waals surface area (Å²) in [6, 6.07) is 28.0. The Morgan fingerprint density at radius 2 is 1.48 bits per heavy atom. The van der Waals surface area contributed by atoms with E-state index in [-0.39, 0.29) is 0 Å². The molecule has 3 rings (SSSR count). The number of aliphatic imine (C=N–C) groups is 1. The van der Waals surface area contributed by atoms with Crippen molar-refractivity contribution in [2.75, 3.05) is 0 Å². The molecule has 0 aromatic heterocycles. The van der Waals surface area contributed by atoms with Crippen LogP contribution in [0.5, 0.6) is 5.75 Å². The molecule has 0 atom stereocenters. The number of nitrogens with zero attached hydrogens (tertiary/aromatic N) is 1. The molecule has 0 radical (unpaired) electrons. The predicted molar refractivity (Wildman–Crippen MR) is 116 cm³/mol. The SMILES string of the molecule is CC(C)c1ccccc1SC=CC(=Nc1ccccc1)Oc1ccccc1. The lowest BCUT2D eigenvalue weighted by Gasteiger charge is -2.10. The predicted octanol–water partition coefficient (Wildman–Crippen LogP) is 7.23. The minimum atomic E-state index is 0.486. The maximum Gasteiger partial charge on any atom is 0.220 e. The molecule has 0 heterocycles. The molecular formula is C24H23NOS. The van der Waals surface area contributed by atoms with Crippen molar-refractivity contribution in [2.45, 2.75) is 24.7 Å². The van der Waals surface area contributed by atoms with Gasteiger partial charge in [0.2, 0.25) is 5.90 Å². The van der Waals surface area contributed by atoms with E-state index in [2.05, 4.69) is 43.1 Å². The first kappa shape index (κ1) is 19.0. The summed E-state index contributed by atoms with van der Waals surface area (Å²) in [5.74, 6) is 1.81. The van der Waals surface area contributed by atoms with Gasteiger partial charge in [0.05, 0.1) is 5.69 Å². The molecule has 0 saturated heterocycles. The summed E-state index contributed by atoms with van der Waals surface area (Å²) in [4.78, 5) is 5.89. The standard InChI is InChI=1S/C24H23NOS/c1-19(2)22-15-9-10-16-23(22)27-18-17-24(25-20-11-5-3-6-12-20)26-21-13-7-4-8-14-21/h3-19H,1-2H3. The highest BCUT2D eigenvalue weighted by Gasteiger charge is 2.05. The average Bonchev–Trinajstić information content (AvgIpc) is 2.70. The van der Waals surface area contributed by atoms with Crippen LogP contribution in [0.25, 0.3) is 0 Å². The number of hydrogen-bond donors (Lipinski definition) is 0. The molecule has 0 fully saturated rings. The molecule has 136 valence electrons. The normalized spacial score (nSPS) is 11.9. The van der Waals surface area contributed by atoms with Crippen LogP contribution in [0.3, 0.4) is 0 Å². The smallest absolute Gasteiger partial charge is 0.220 e. The summed E-state index contributed by atoms with van der Waals surface area (Å²) in [7, 11) is 0. The molecule has 3 heteroatoms. The Labute approximate surface area is 165 Å². The van der Waals surface area contributed by atoms with E-state index in [1.165, 1.54) is 10.5 Å². The molecule has 3 aromatic rings. The fourth-order valence-electron chi connectivity index (χ4n) is 2.56. The van der Waals surface area contributed by atoms with Gasteiger partial charge in [-0.25, -0.2) is 4.99 Å². The second-order valence-corrected chi connectivity index (χ2v) is 7.26. The molecule has 2 nitrogen and oxygen atoms in total. The summed E-state index contributed by atoms with van der Waals surface area (Å²) in [6.45, 7) is 4.42. The van der Waals surface area contributed by atoms with Crippen LogP contribution in [0.2, 0.25) is 0 Å². The first-order chi connectivity index (χ1) is 13.2. The Balaban J connectivity index is 1.81. The van der Waals surface area contributed by atoms with E-state index < -0.39 is 0 Å². The third-order valence-corrected chi connectivity index (χ3v) is 4.81. The van der Waals surface area contributed by atoms with Gasteiger partial charge in [-0.3, -0.25) is 0 Å². The third kappa shape index (κ3) is 5.87. The van der Waals surface area contributed by atoms with Crippen LogP contribution in [0, 0.1) is 0 Å². The van der Waals surface area contributed by atoms with E-state index in [1.54, 1.807) is 11.8 Å². The van der Waals surface area contributed by atoms with Gasteiger partial charge in [0.1, 0.15) is 5.75 Å². The number of thioether (sulfide) groups is 1. The fraction of sp³-hybridized carbons (Fsp3) is 0.125. The van der Waals surface area contributed by atoms with Crippen LogP contribution in [-0.2, 0) is 0 Å². The number of hydrogen-bond acceptors (Lipinski definition) is 3. The van der Waals surface area contributed by atoms with Gasteiger partial charge >= 0.3 is 0 Å². The van der Waals surface area contributed by atoms with Gasteiger partial charge < -0.3 is 4.74 Å². The van der Waals surface area contributed by atoms with Crippen molar-refractivity contribution in [3.63, 3.8) is 0 Å². The van der Waals surface area contributed by atoms with E-state index >= 15 is 0 Å². The quantitative estimate of drug-likeness (QED) is 0.258. The van der Waals surface area contributed by atoms with E-state index in [0.29, 0.717) is 11.8 Å². The van der Waals surface area contributed by atoms with Crippen LogP contribution in [0.4, 0.5) is 5.69 Å². The highest BCUT2D eigenvalue weighted by atomic mass is 32.2. The van der Waals surface area contributed by atoms with Gasteiger partial charge in [-0.1, -0.05) is 80.2 Å². The van der Waals surface area contributed by atoms with E-state index in [9.17, 15) is 0 Å². The third-order valence-electron chi connectivity index (χ3n) is 3.91. The zero-order valence-corrected chi connectivity index (χ0v) is 16.4. The number of benzene rings is 3. The largest absolute Gasteiger partial charge is 0.439 e. The highest BCUT2D eigenvalue weighted by Crippen LogP contribution is 2.29. The molecule has 0 unspecified atom stereocenters. The molecule has 27 heavy (non-hydrogen) atoms. The molecule has 0 bridgehead atoms. The minimum Gasteiger partial charge on any atom is -0.439 e. The van der Waals surface area contributed by atoms with Gasteiger partial charge in [0, 0.05) is 11.0 Å². The summed E-state index contributed by atoms with van der Waals surface area (Å²) in [6.07, 6.45) is 1.92. The first-order valence-electron chi connectivity index (χ1n) is 9.01. The highest BCUT2D eigenvalue weighted by molar-refractivity contribution is 8.02. The van der Waals surface area contributed by atoms with Crippen LogP contribution >= 0.6 is 11.8 Å². The Morgan fingerprint density at radius 3 is 2.19 bits per heavy atom. The Morgan fingerprint density at radius 1 is 0.852 bits per heavy atom. The Bertz CT molecular complexity index is 902. The van der Waals surface area contributed by atoms with Crippen LogP contribution in [-0.4, -0.2) is 5.90 Å². The molecule has 0 spiro atoms. The van der Waals surface area contributed by atoms with Crippen molar-refractivity contribution < 1.29 is 4.74 Å². The topological polar surface area (TPSA) is 21.6 Å². The molecule has 0 aliphatic rings. The van der Waals surface area contributed by atoms with Gasteiger partial charge in [0.25, 0.3) is 0 Å². The molecule has 0 saturated carbocycles. The summed E-state index contributed by atoms with van der Waals surface area (Å²) in [5, 5.41) is 2.03. The maximum absolute atomic E-state index is 5.98. The maximum atomic E-state index is 5.98. The summed E-state index contributed by atoms with van der Waals surface area (Å²) in [5.41, 5.74) is 2.21. The lowest BCUT2D eigenvalue weighted by atomic mass is 10.0. The zero-order chi connectivity index (χ0) is 18.9. The van der Waals surface area contributed by atoms with Crippen LogP contribution in [0.15, 0.2) is 106 Å². The van der Waals surface area contributed by atoms with Crippen molar-refractivity contribution in [1.82, 2.24) is 0 Å². The van der Waals surface area contributed by atoms with Gasteiger partial charge in [-0.2, -0.15) is 0 Å². The van der Waals surface area contributed by atoms with Crippen molar-refractivity contribution in [3.05, 3.63) is 102 Å². The van der Waals surface area contributed by atoms with E-state index in [0.717, 1.165) is 11.4 Å². The monoisotopic (exact) mass is 373 g/mol. The Kier molecular flexibility index (Phi) is 6.89. The van der Waals surface area contributed by atoms with Gasteiger partial charge in [-0.15, -0.1) is 0 Å². The molecule has 0 N–H and O–H groups in total. The van der Waals surface area contributed by atoms with E-state index in [1.807, 2.05) is 72.1 Å². The van der Waals surface area contributed by atoms with Gasteiger partial charge in [-0.05, 0) is 47.2 Å². The van der Waals surface area contributed by atoms with Gasteiger partial charge in [0.15, 0.2) is 0 Å². The average molecular weight is 374 g/mol. The number of ether oxygens (including phenoxy) is 1. The molecule has 0 amide bonds. The molecule has 3 aromatic carbocycles. The minimum absolute atomic E-state index is 0.486.